The lowest BCUT2D eigenvalue weighted by Crippen LogP contribution is -2.44. The first kappa shape index (κ1) is 26.2. The van der Waals surface area contributed by atoms with E-state index in [0.29, 0.717) is 37.2 Å². The van der Waals surface area contributed by atoms with E-state index in [1.165, 1.54) is 7.11 Å². The summed E-state index contributed by atoms with van der Waals surface area (Å²) >= 11 is 0. The normalized spacial score (nSPS) is 14.5. The molecule has 0 saturated carbocycles. The van der Waals surface area contributed by atoms with Crippen LogP contribution in [-0.2, 0) is 4.79 Å². The molecule has 1 fully saturated rings. The fourth-order valence-corrected chi connectivity index (χ4v) is 4.75. The molecule has 7 nitrogen and oxygen atoms in total. The Bertz CT molecular complexity index is 1280. The third kappa shape index (κ3) is 5.63. The second-order valence-corrected chi connectivity index (χ2v) is 9.15. The number of para-hydroxylation sites is 1. The van der Waals surface area contributed by atoms with Crippen LogP contribution in [0.5, 0.6) is 5.75 Å². The van der Waals surface area contributed by atoms with Crippen LogP contribution in [0, 0.1) is 19.8 Å². The molecule has 4 rings (SSSR count). The van der Waals surface area contributed by atoms with Crippen molar-refractivity contribution in [1.29, 1.82) is 0 Å². The molecule has 1 N–H and O–H groups in total. The van der Waals surface area contributed by atoms with Crippen LogP contribution in [0.2, 0.25) is 0 Å². The van der Waals surface area contributed by atoms with E-state index in [9.17, 15) is 22.8 Å². The van der Waals surface area contributed by atoms with Gasteiger partial charge in [0, 0.05) is 30.9 Å². The maximum atomic E-state index is 13.7. The molecule has 1 saturated heterocycles. The molecule has 0 atom stereocenters. The molecule has 0 spiro atoms. The summed E-state index contributed by atoms with van der Waals surface area (Å²) in [6.45, 7) is 4.55. The van der Waals surface area contributed by atoms with E-state index >= 15 is 0 Å². The molecule has 0 radical (unpaired) electrons. The predicted octanol–water partition coefficient (Wildman–Crippen LogP) is 4.70. The molecule has 196 valence electrons. The standard InChI is InChI=1S/C27H29F3N4O3/c1-17-24(18(2)34(32-17)20-7-5-4-6-8-20)22-10-9-21(37-3)15-23(22)25(35)33-13-11-19(12-14-33)16-31-26(36)27(28,29)30/h4-10,15,19H,11-14,16H2,1-3H3,(H,31,36). The molecule has 10 heteroatoms. The number of amides is 2. The number of alkyl halides is 3. The van der Waals surface area contributed by atoms with Gasteiger partial charge in [-0.05, 0) is 68.5 Å². The highest BCUT2D eigenvalue weighted by Crippen LogP contribution is 2.34. The minimum absolute atomic E-state index is 0.0676. The minimum atomic E-state index is -4.90. The monoisotopic (exact) mass is 514 g/mol. The van der Waals surface area contributed by atoms with E-state index in [-0.39, 0.29) is 18.4 Å². The Balaban J connectivity index is 1.57. The Labute approximate surface area is 213 Å². The summed E-state index contributed by atoms with van der Waals surface area (Å²) in [5.41, 5.74) is 4.65. The number of aromatic nitrogens is 2. The molecule has 0 aliphatic carbocycles. The molecule has 0 bridgehead atoms. The first-order chi connectivity index (χ1) is 17.6. The summed E-state index contributed by atoms with van der Waals surface area (Å²) in [7, 11) is 1.54. The van der Waals surface area contributed by atoms with E-state index in [1.807, 2.05) is 60.2 Å². The van der Waals surface area contributed by atoms with E-state index in [4.69, 9.17) is 9.84 Å². The van der Waals surface area contributed by atoms with Gasteiger partial charge in [-0.25, -0.2) is 4.68 Å². The van der Waals surface area contributed by atoms with Crippen LogP contribution in [0.4, 0.5) is 13.2 Å². The summed E-state index contributed by atoms with van der Waals surface area (Å²) in [6, 6.07) is 15.1. The number of hydrogen-bond donors (Lipinski definition) is 1. The number of carbonyl (C=O) groups excluding carboxylic acids is 2. The number of benzene rings is 2. The number of likely N-dealkylation sites (tertiary alicyclic amines) is 1. The molecule has 3 aromatic rings. The second kappa shape index (κ2) is 10.7. The van der Waals surface area contributed by atoms with Gasteiger partial charge in [0.15, 0.2) is 0 Å². The van der Waals surface area contributed by atoms with E-state index < -0.39 is 12.1 Å². The molecule has 2 heterocycles. The molecule has 0 unspecified atom stereocenters. The lowest BCUT2D eigenvalue weighted by atomic mass is 9.93. The Hall–Kier alpha value is -3.82. The van der Waals surface area contributed by atoms with Gasteiger partial charge in [0.05, 0.1) is 24.1 Å². The van der Waals surface area contributed by atoms with Crippen molar-refractivity contribution in [3.63, 3.8) is 0 Å². The number of rotatable bonds is 6. The Morgan fingerprint density at radius 3 is 2.38 bits per heavy atom. The van der Waals surface area contributed by atoms with Gasteiger partial charge in [0.25, 0.3) is 5.91 Å². The molecule has 1 aliphatic rings. The molecule has 37 heavy (non-hydrogen) atoms. The number of ether oxygens (including phenoxy) is 1. The predicted molar refractivity (Wildman–Crippen MR) is 133 cm³/mol. The first-order valence-electron chi connectivity index (χ1n) is 12.0. The third-order valence-electron chi connectivity index (χ3n) is 6.73. The van der Waals surface area contributed by atoms with Gasteiger partial charge in [0.1, 0.15) is 5.75 Å². The first-order valence-corrected chi connectivity index (χ1v) is 12.0. The van der Waals surface area contributed by atoms with Gasteiger partial charge in [-0.15, -0.1) is 0 Å². The van der Waals surface area contributed by atoms with Gasteiger partial charge < -0.3 is 15.0 Å². The van der Waals surface area contributed by atoms with Crippen LogP contribution < -0.4 is 10.1 Å². The second-order valence-electron chi connectivity index (χ2n) is 9.15. The Morgan fingerprint density at radius 1 is 1.08 bits per heavy atom. The summed E-state index contributed by atoms with van der Waals surface area (Å²) < 4.78 is 44.7. The number of methoxy groups -OCH3 is 1. The largest absolute Gasteiger partial charge is 0.497 e. The minimum Gasteiger partial charge on any atom is -0.497 e. The topological polar surface area (TPSA) is 76.5 Å². The summed E-state index contributed by atoms with van der Waals surface area (Å²) in [5, 5.41) is 6.67. The Morgan fingerprint density at radius 2 is 1.76 bits per heavy atom. The van der Waals surface area contributed by atoms with Gasteiger partial charge in [-0.3, -0.25) is 9.59 Å². The maximum Gasteiger partial charge on any atom is 0.471 e. The SMILES string of the molecule is COc1ccc(-c2c(C)nn(-c3ccccc3)c2C)c(C(=O)N2CCC(CNC(=O)C(F)(F)F)CC2)c1. The van der Waals surface area contributed by atoms with Crippen LogP contribution in [0.25, 0.3) is 16.8 Å². The zero-order chi connectivity index (χ0) is 26.7. The van der Waals surface area contributed by atoms with Crippen molar-refractivity contribution in [3.05, 3.63) is 65.5 Å². The van der Waals surface area contributed by atoms with E-state index in [1.54, 1.807) is 17.0 Å². The summed E-state index contributed by atoms with van der Waals surface area (Å²) in [6.07, 6.45) is -3.91. The average molecular weight is 515 g/mol. The Kier molecular flexibility index (Phi) is 7.56. The van der Waals surface area contributed by atoms with Crippen molar-refractivity contribution in [2.75, 3.05) is 26.7 Å². The fraction of sp³-hybridized carbons (Fsp3) is 0.370. The van der Waals surface area contributed by atoms with Gasteiger partial charge in [0.2, 0.25) is 0 Å². The molecule has 1 aliphatic heterocycles. The van der Waals surface area contributed by atoms with Gasteiger partial charge >= 0.3 is 12.1 Å². The van der Waals surface area contributed by atoms with Crippen molar-refractivity contribution >= 4 is 11.8 Å². The average Bonchev–Trinajstić information content (AvgIpc) is 3.20. The molecular formula is C27H29F3N4O3. The maximum absolute atomic E-state index is 13.7. The number of nitrogens with one attached hydrogen (secondary N) is 1. The van der Waals surface area contributed by atoms with Crippen LogP contribution in [0.3, 0.4) is 0 Å². The molecule has 1 aromatic heterocycles. The number of nitrogens with zero attached hydrogens (tertiary/aromatic N) is 3. The van der Waals surface area contributed by atoms with Crippen molar-refractivity contribution in [3.8, 4) is 22.6 Å². The quantitative estimate of drug-likeness (QED) is 0.518. The third-order valence-corrected chi connectivity index (χ3v) is 6.73. The highest BCUT2D eigenvalue weighted by atomic mass is 19.4. The highest BCUT2D eigenvalue weighted by molar-refractivity contribution is 6.02. The summed E-state index contributed by atoms with van der Waals surface area (Å²) in [4.78, 5) is 26.5. The highest BCUT2D eigenvalue weighted by Gasteiger charge is 2.39. The zero-order valence-electron chi connectivity index (χ0n) is 20.9. The van der Waals surface area contributed by atoms with E-state index in [0.717, 1.165) is 28.2 Å². The van der Waals surface area contributed by atoms with Crippen LogP contribution in [0.15, 0.2) is 48.5 Å². The number of carbonyl (C=O) groups is 2. The van der Waals surface area contributed by atoms with E-state index in [2.05, 4.69) is 0 Å². The van der Waals surface area contributed by atoms with Gasteiger partial charge in [-0.1, -0.05) is 18.2 Å². The number of aryl methyl sites for hydroxylation is 1. The molecule has 2 aromatic carbocycles. The lowest BCUT2D eigenvalue weighted by Gasteiger charge is -2.32. The number of halogens is 3. The van der Waals surface area contributed by atoms with Crippen molar-refractivity contribution in [2.45, 2.75) is 32.9 Å². The van der Waals surface area contributed by atoms with Crippen molar-refractivity contribution < 1.29 is 27.5 Å². The molecular weight excluding hydrogens is 485 g/mol. The zero-order valence-corrected chi connectivity index (χ0v) is 20.9. The smallest absolute Gasteiger partial charge is 0.471 e. The van der Waals surface area contributed by atoms with Crippen LogP contribution in [0.1, 0.15) is 34.6 Å². The van der Waals surface area contributed by atoms with Crippen LogP contribution in [-0.4, -0.2) is 59.4 Å². The fourth-order valence-electron chi connectivity index (χ4n) is 4.75. The lowest BCUT2D eigenvalue weighted by molar-refractivity contribution is -0.173. The van der Waals surface area contributed by atoms with Crippen molar-refractivity contribution in [2.24, 2.45) is 5.92 Å². The number of hydrogen-bond acceptors (Lipinski definition) is 4. The summed E-state index contributed by atoms with van der Waals surface area (Å²) in [5.74, 6) is -1.71. The van der Waals surface area contributed by atoms with Crippen LogP contribution >= 0.6 is 0 Å². The molecule has 2 amide bonds. The van der Waals surface area contributed by atoms with Crippen molar-refractivity contribution in [1.82, 2.24) is 20.0 Å². The number of piperidine rings is 1. The van der Waals surface area contributed by atoms with Gasteiger partial charge in [-0.2, -0.15) is 18.3 Å².